The molecule has 0 atom stereocenters. The highest BCUT2D eigenvalue weighted by atomic mass is 19.1. The fourth-order valence-corrected chi connectivity index (χ4v) is 3.11. The van der Waals surface area contributed by atoms with Gasteiger partial charge in [0.15, 0.2) is 0 Å². The van der Waals surface area contributed by atoms with Gasteiger partial charge in [-0.2, -0.15) is 5.10 Å². The van der Waals surface area contributed by atoms with Crippen molar-refractivity contribution in [2.75, 3.05) is 20.7 Å². The Balaban J connectivity index is 1.96. The number of rotatable bonds is 8. The Labute approximate surface area is 171 Å². The van der Waals surface area contributed by atoms with E-state index >= 15 is 0 Å². The molecule has 1 heterocycles. The first-order valence-corrected chi connectivity index (χ1v) is 9.65. The maximum absolute atomic E-state index is 14.8. The molecule has 0 radical (unpaired) electrons. The van der Waals surface area contributed by atoms with Gasteiger partial charge in [0.2, 0.25) is 0 Å². The van der Waals surface area contributed by atoms with Crippen LogP contribution in [0.2, 0.25) is 0 Å². The molecule has 3 rings (SSSR count). The van der Waals surface area contributed by atoms with Crippen molar-refractivity contribution >= 4 is 0 Å². The zero-order chi connectivity index (χ0) is 21.0. The zero-order valence-corrected chi connectivity index (χ0v) is 17.4. The van der Waals surface area contributed by atoms with Crippen LogP contribution in [0.15, 0.2) is 54.7 Å². The number of halogens is 1. The third kappa shape index (κ3) is 5.43. The van der Waals surface area contributed by atoms with Gasteiger partial charge in [0, 0.05) is 36.5 Å². The van der Waals surface area contributed by atoms with Gasteiger partial charge < -0.3 is 14.7 Å². The summed E-state index contributed by atoms with van der Waals surface area (Å²) in [5.74, 6) is 0.0978. The molecule has 1 N–H and O–H groups in total. The van der Waals surface area contributed by atoms with Gasteiger partial charge in [0.25, 0.3) is 0 Å². The Bertz CT molecular complexity index is 949. The summed E-state index contributed by atoms with van der Waals surface area (Å²) in [5, 5.41) is 14.7. The van der Waals surface area contributed by atoms with Gasteiger partial charge in [0.05, 0.1) is 18.4 Å². The minimum absolute atomic E-state index is 0.372. The standard InChI is InChI=1S/C23H28FN3O2/c1-23(2,28)12-13-26(3)15-17-16-27(18-8-6-5-7-9-18)25-22(17)20-11-10-19(29-4)14-21(20)24/h5-11,14,16,28H,12-13,15H2,1-4H3. The monoisotopic (exact) mass is 397 g/mol. The van der Waals surface area contributed by atoms with Gasteiger partial charge in [-0.25, -0.2) is 9.07 Å². The molecule has 0 aliphatic carbocycles. The highest BCUT2D eigenvalue weighted by Gasteiger charge is 2.19. The van der Waals surface area contributed by atoms with Crippen molar-refractivity contribution in [3.8, 4) is 22.7 Å². The second kappa shape index (κ2) is 8.76. The first kappa shape index (κ1) is 21.0. The highest BCUT2D eigenvalue weighted by Crippen LogP contribution is 2.29. The molecule has 0 saturated heterocycles. The summed E-state index contributed by atoms with van der Waals surface area (Å²) in [6, 6.07) is 14.6. The normalized spacial score (nSPS) is 11.8. The van der Waals surface area contributed by atoms with Crippen LogP contribution < -0.4 is 4.74 Å². The molecule has 0 aliphatic heterocycles. The summed E-state index contributed by atoms with van der Waals surface area (Å²) in [6.45, 7) is 4.90. The van der Waals surface area contributed by atoms with Crippen molar-refractivity contribution in [2.45, 2.75) is 32.4 Å². The molecule has 6 heteroatoms. The number of aliphatic hydroxyl groups is 1. The molecular weight excluding hydrogens is 369 g/mol. The number of benzene rings is 2. The number of ether oxygens (including phenoxy) is 1. The van der Waals surface area contributed by atoms with E-state index in [4.69, 9.17) is 4.74 Å². The average Bonchev–Trinajstić information content (AvgIpc) is 3.10. The summed E-state index contributed by atoms with van der Waals surface area (Å²) in [7, 11) is 3.50. The van der Waals surface area contributed by atoms with Crippen LogP contribution in [0.3, 0.4) is 0 Å². The van der Waals surface area contributed by atoms with E-state index in [1.165, 1.54) is 13.2 Å². The fraction of sp³-hybridized carbons (Fsp3) is 0.348. The van der Waals surface area contributed by atoms with Gasteiger partial charge in [-0.15, -0.1) is 0 Å². The predicted molar refractivity (Wildman–Crippen MR) is 113 cm³/mol. The van der Waals surface area contributed by atoms with E-state index in [-0.39, 0.29) is 5.82 Å². The summed E-state index contributed by atoms with van der Waals surface area (Å²) in [6.07, 6.45) is 2.58. The van der Waals surface area contributed by atoms with E-state index in [2.05, 4.69) is 10.00 Å². The molecule has 0 bridgehead atoms. The molecule has 2 aromatic carbocycles. The molecule has 3 aromatic rings. The third-order valence-electron chi connectivity index (χ3n) is 4.79. The first-order chi connectivity index (χ1) is 13.8. The molecule has 154 valence electrons. The molecule has 0 saturated carbocycles. The van der Waals surface area contributed by atoms with Gasteiger partial charge >= 0.3 is 0 Å². The fourth-order valence-electron chi connectivity index (χ4n) is 3.11. The molecule has 0 spiro atoms. The van der Waals surface area contributed by atoms with E-state index in [0.717, 1.165) is 11.3 Å². The van der Waals surface area contributed by atoms with Crippen LogP contribution in [0.5, 0.6) is 5.75 Å². The maximum atomic E-state index is 14.8. The van der Waals surface area contributed by atoms with E-state index in [0.29, 0.717) is 36.5 Å². The number of hydrogen-bond donors (Lipinski definition) is 1. The van der Waals surface area contributed by atoms with E-state index in [1.807, 2.05) is 43.6 Å². The van der Waals surface area contributed by atoms with Gasteiger partial charge in [-0.1, -0.05) is 18.2 Å². The van der Waals surface area contributed by atoms with Crippen LogP contribution >= 0.6 is 0 Å². The Kier molecular flexibility index (Phi) is 6.35. The van der Waals surface area contributed by atoms with E-state index in [1.54, 1.807) is 30.7 Å². The average molecular weight is 397 g/mol. The summed E-state index contributed by atoms with van der Waals surface area (Å²) in [5.41, 5.74) is 2.13. The second-order valence-corrected chi connectivity index (χ2v) is 7.93. The molecule has 29 heavy (non-hydrogen) atoms. The SMILES string of the molecule is COc1ccc(-c2nn(-c3ccccc3)cc2CN(C)CCC(C)(C)O)c(F)c1. The van der Waals surface area contributed by atoms with E-state index < -0.39 is 5.60 Å². The lowest BCUT2D eigenvalue weighted by molar-refractivity contribution is 0.0600. The quantitative estimate of drug-likeness (QED) is 0.616. The Hall–Kier alpha value is -2.70. The van der Waals surface area contributed by atoms with Gasteiger partial charge in [-0.05, 0) is 51.6 Å². The van der Waals surface area contributed by atoms with Crippen molar-refractivity contribution in [3.05, 3.63) is 66.1 Å². The Morgan fingerprint density at radius 2 is 1.90 bits per heavy atom. The third-order valence-corrected chi connectivity index (χ3v) is 4.79. The molecule has 0 aliphatic rings. The summed E-state index contributed by atoms with van der Waals surface area (Å²) in [4.78, 5) is 2.11. The minimum atomic E-state index is -0.729. The Morgan fingerprint density at radius 3 is 2.52 bits per heavy atom. The smallest absolute Gasteiger partial charge is 0.136 e. The lowest BCUT2D eigenvalue weighted by atomic mass is 10.0. The minimum Gasteiger partial charge on any atom is -0.497 e. The number of hydrogen-bond acceptors (Lipinski definition) is 4. The van der Waals surface area contributed by atoms with Crippen molar-refractivity contribution < 1.29 is 14.2 Å². The molecular formula is C23H28FN3O2. The van der Waals surface area contributed by atoms with Crippen LogP contribution in [-0.2, 0) is 6.54 Å². The van der Waals surface area contributed by atoms with Crippen LogP contribution in [0, 0.1) is 5.82 Å². The van der Waals surface area contributed by atoms with Crippen molar-refractivity contribution in [3.63, 3.8) is 0 Å². The summed E-state index contributed by atoms with van der Waals surface area (Å²) < 4.78 is 21.7. The van der Waals surface area contributed by atoms with E-state index in [9.17, 15) is 9.50 Å². The molecule has 1 aromatic heterocycles. The predicted octanol–water partition coefficient (Wildman–Crippen LogP) is 4.28. The first-order valence-electron chi connectivity index (χ1n) is 9.65. The number of para-hydroxylation sites is 1. The largest absolute Gasteiger partial charge is 0.497 e. The molecule has 0 amide bonds. The van der Waals surface area contributed by atoms with Crippen LogP contribution in [0.4, 0.5) is 4.39 Å². The number of aromatic nitrogens is 2. The number of methoxy groups -OCH3 is 1. The number of nitrogens with zero attached hydrogens (tertiary/aromatic N) is 3. The summed E-state index contributed by atoms with van der Waals surface area (Å²) >= 11 is 0. The molecule has 0 unspecified atom stereocenters. The van der Waals surface area contributed by atoms with Crippen LogP contribution in [-0.4, -0.2) is 46.1 Å². The highest BCUT2D eigenvalue weighted by molar-refractivity contribution is 5.65. The van der Waals surface area contributed by atoms with Gasteiger partial charge in [0.1, 0.15) is 17.3 Å². The zero-order valence-electron chi connectivity index (χ0n) is 17.4. The maximum Gasteiger partial charge on any atom is 0.136 e. The van der Waals surface area contributed by atoms with Gasteiger partial charge in [-0.3, -0.25) is 0 Å². The topological polar surface area (TPSA) is 50.5 Å². The van der Waals surface area contributed by atoms with Crippen molar-refractivity contribution in [1.29, 1.82) is 0 Å². The van der Waals surface area contributed by atoms with Crippen molar-refractivity contribution in [2.24, 2.45) is 0 Å². The van der Waals surface area contributed by atoms with Crippen molar-refractivity contribution in [1.82, 2.24) is 14.7 Å². The molecule has 0 fully saturated rings. The van der Waals surface area contributed by atoms with Crippen LogP contribution in [0.1, 0.15) is 25.8 Å². The Morgan fingerprint density at radius 1 is 1.17 bits per heavy atom. The lowest BCUT2D eigenvalue weighted by Crippen LogP contribution is -2.28. The second-order valence-electron chi connectivity index (χ2n) is 7.93. The lowest BCUT2D eigenvalue weighted by Gasteiger charge is -2.22. The molecule has 5 nitrogen and oxygen atoms in total. The van der Waals surface area contributed by atoms with Crippen LogP contribution in [0.25, 0.3) is 16.9 Å².